The number of hydrogen-bond acceptors (Lipinski definition) is 2. The Kier molecular flexibility index (Phi) is 6.83. The van der Waals surface area contributed by atoms with Gasteiger partial charge in [-0.05, 0) is 96.1 Å². The van der Waals surface area contributed by atoms with Crippen molar-refractivity contribution < 1.29 is 4.42 Å². The Balaban J connectivity index is 1.04. The number of fused-ring (bicyclic) bond motifs is 6. The summed E-state index contributed by atoms with van der Waals surface area (Å²) in [5, 5.41) is 4.82. The van der Waals surface area contributed by atoms with Crippen molar-refractivity contribution in [3.8, 4) is 16.8 Å². The first-order chi connectivity index (χ1) is 24.8. The van der Waals surface area contributed by atoms with E-state index in [9.17, 15) is 0 Å². The molecule has 0 N–H and O–H groups in total. The maximum absolute atomic E-state index is 6.56. The molecule has 50 heavy (non-hydrogen) atoms. The van der Waals surface area contributed by atoms with Gasteiger partial charge in [0.2, 0.25) is 0 Å². The Morgan fingerprint density at radius 1 is 0.480 bits per heavy atom. The molecule has 0 amide bonds. The van der Waals surface area contributed by atoms with Gasteiger partial charge in [0.15, 0.2) is 5.58 Å². The molecule has 1 saturated carbocycles. The fourth-order valence-corrected chi connectivity index (χ4v) is 8.30. The third-order valence-corrected chi connectivity index (χ3v) is 10.8. The number of para-hydroxylation sites is 4. The van der Waals surface area contributed by atoms with Gasteiger partial charge in [0.1, 0.15) is 5.58 Å². The molecule has 0 radical (unpaired) electrons. The predicted molar refractivity (Wildman–Crippen MR) is 209 cm³/mol. The van der Waals surface area contributed by atoms with E-state index in [0.29, 0.717) is 5.92 Å². The molecule has 2 aromatic heterocycles. The van der Waals surface area contributed by atoms with Gasteiger partial charge in [-0.2, -0.15) is 0 Å². The van der Waals surface area contributed by atoms with Crippen molar-refractivity contribution in [2.24, 2.45) is 0 Å². The quantitative estimate of drug-likeness (QED) is 0.180. The monoisotopic (exact) mass is 644 g/mol. The van der Waals surface area contributed by atoms with Gasteiger partial charge in [-0.25, -0.2) is 0 Å². The number of hydrogen-bond donors (Lipinski definition) is 0. The number of benzene rings is 7. The van der Waals surface area contributed by atoms with Crippen molar-refractivity contribution in [1.82, 2.24) is 4.57 Å². The highest BCUT2D eigenvalue weighted by Gasteiger charge is 2.21. The van der Waals surface area contributed by atoms with Crippen LogP contribution in [0.4, 0.5) is 17.1 Å². The van der Waals surface area contributed by atoms with E-state index >= 15 is 0 Å². The molecule has 0 atom stereocenters. The fourth-order valence-electron chi connectivity index (χ4n) is 8.30. The molecule has 0 aliphatic heterocycles. The summed E-state index contributed by atoms with van der Waals surface area (Å²) in [6.45, 7) is 0. The second-order valence-corrected chi connectivity index (χ2v) is 13.6. The second-order valence-electron chi connectivity index (χ2n) is 13.6. The van der Waals surface area contributed by atoms with E-state index in [2.05, 4.69) is 167 Å². The van der Waals surface area contributed by atoms with Crippen LogP contribution in [0.3, 0.4) is 0 Å². The van der Waals surface area contributed by atoms with Crippen LogP contribution in [0.5, 0.6) is 0 Å². The first-order valence-corrected chi connectivity index (χ1v) is 17.8. The summed E-state index contributed by atoms with van der Waals surface area (Å²) in [5.74, 6) is 0.678. The van der Waals surface area contributed by atoms with Crippen molar-refractivity contribution in [2.45, 2.75) is 31.6 Å². The van der Waals surface area contributed by atoms with Crippen molar-refractivity contribution in [2.75, 3.05) is 4.90 Å². The van der Waals surface area contributed by atoms with Crippen LogP contribution in [-0.2, 0) is 0 Å². The molecule has 0 saturated heterocycles. The molecule has 0 bridgehead atoms. The highest BCUT2D eigenvalue weighted by atomic mass is 16.3. The lowest BCUT2D eigenvalue weighted by Gasteiger charge is -2.26. The van der Waals surface area contributed by atoms with E-state index < -0.39 is 0 Å². The highest BCUT2D eigenvalue weighted by molar-refractivity contribution is 6.11. The number of rotatable bonds is 6. The molecule has 9 aromatic rings. The minimum atomic E-state index is 0.678. The largest absolute Gasteiger partial charge is 0.454 e. The van der Waals surface area contributed by atoms with Crippen molar-refractivity contribution in [3.63, 3.8) is 0 Å². The smallest absolute Gasteiger partial charge is 0.159 e. The predicted octanol–water partition coefficient (Wildman–Crippen LogP) is 13.5. The molecule has 3 nitrogen and oxygen atoms in total. The van der Waals surface area contributed by atoms with E-state index in [4.69, 9.17) is 4.42 Å². The van der Waals surface area contributed by atoms with Crippen LogP contribution in [0.15, 0.2) is 168 Å². The van der Waals surface area contributed by atoms with Gasteiger partial charge < -0.3 is 13.9 Å². The maximum Gasteiger partial charge on any atom is 0.159 e. The normalized spacial score (nSPS) is 13.6. The van der Waals surface area contributed by atoms with Crippen LogP contribution in [0.2, 0.25) is 0 Å². The lowest BCUT2D eigenvalue weighted by Crippen LogP contribution is -2.10. The van der Waals surface area contributed by atoms with E-state index in [1.54, 1.807) is 0 Å². The maximum atomic E-state index is 6.56. The zero-order chi connectivity index (χ0) is 33.0. The van der Waals surface area contributed by atoms with Crippen LogP contribution in [0, 0.1) is 0 Å². The van der Waals surface area contributed by atoms with Crippen LogP contribution in [-0.4, -0.2) is 4.57 Å². The van der Waals surface area contributed by atoms with E-state index in [1.807, 2.05) is 6.07 Å². The van der Waals surface area contributed by atoms with Gasteiger partial charge in [0.05, 0.1) is 16.7 Å². The first kappa shape index (κ1) is 28.9. The second kappa shape index (κ2) is 11.8. The minimum Gasteiger partial charge on any atom is -0.454 e. The Labute approximate surface area is 291 Å². The zero-order valence-electron chi connectivity index (χ0n) is 27.8. The van der Waals surface area contributed by atoms with Gasteiger partial charge in [0.25, 0.3) is 0 Å². The molecule has 1 fully saturated rings. The molecule has 7 aromatic carbocycles. The van der Waals surface area contributed by atoms with Crippen LogP contribution < -0.4 is 4.90 Å². The van der Waals surface area contributed by atoms with Crippen LogP contribution >= 0.6 is 0 Å². The fraction of sp³-hybridized carbons (Fsp3) is 0.106. The Morgan fingerprint density at radius 3 is 1.68 bits per heavy atom. The standard InChI is InChI=1S/C47H36N2O/c1-2-11-32(10-1)33-20-26-36(27-21-33)48(45-18-9-15-42-41-14-5-8-19-46(41)50-47(42)45)37-28-22-34(23-29-37)35-24-30-38(31-25-35)49-43-16-6-3-12-39(43)40-13-4-7-17-44(40)49/h3-9,12-32H,1-2,10-11H2. The Bertz CT molecular complexity index is 2580. The van der Waals surface area contributed by atoms with Gasteiger partial charge in [0, 0.05) is 38.6 Å². The van der Waals surface area contributed by atoms with Gasteiger partial charge in [-0.3, -0.25) is 0 Å². The SMILES string of the molecule is c1ccc2c(c1)oc1c(N(c3ccc(-c4ccc(-n5c6ccccc6c6ccccc65)cc4)cc3)c3ccc(C4CCCC4)cc3)cccc12. The van der Waals surface area contributed by atoms with E-state index in [-0.39, 0.29) is 0 Å². The zero-order valence-corrected chi connectivity index (χ0v) is 27.8. The van der Waals surface area contributed by atoms with Gasteiger partial charge in [-0.1, -0.05) is 116 Å². The summed E-state index contributed by atoms with van der Waals surface area (Å²) in [7, 11) is 0. The summed E-state index contributed by atoms with van der Waals surface area (Å²) in [6.07, 6.45) is 5.26. The molecule has 1 aliphatic carbocycles. The third kappa shape index (κ3) is 4.73. The molecule has 0 spiro atoms. The summed E-state index contributed by atoms with van der Waals surface area (Å²) in [6, 6.07) is 59.3. The number of aromatic nitrogens is 1. The molecule has 2 heterocycles. The summed E-state index contributed by atoms with van der Waals surface area (Å²) in [5.41, 5.74) is 12.5. The van der Waals surface area contributed by atoms with Crippen LogP contribution in [0.1, 0.15) is 37.2 Å². The third-order valence-electron chi connectivity index (χ3n) is 10.8. The van der Waals surface area contributed by atoms with Crippen molar-refractivity contribution in [3.05, 3.63) is 169 Å². The molecule has 0 unspecified atom stereocenters. The minimum absolute atomic E-state index is 0.678. The first-order valence-electron chi connectivity index (χ1n) is 17.8. The topological polar surface area (TPSA) is 21.3 Å². The summed E-state index contributed by atoms with van der Waals surface area (Å²) < 4.78 is 8.92. The highest BCUT2D eigenvalue weighted by Crippen LogP contribution is 2.43. The number of nitrogens with zero attached hydrogens (tertiary/aromatic N) is 2. The number of furan rings is 1. The van der Waals surface area contributed by atoms with Crippen molar-refractivity contribution in [1.29, 1.82) is 0 Å². The van der Waals surface area contributed by atoms with Crippen LogP contribution in [0.25, 0.3) is 60.6 Å². The summed E-state index contributed by atoms with van der Waals surface area (Å²) in [4.78, 5) is 2.35. The number of anilines is 3. The average molecular weight is 645 g/mol. The molecule has 3 heteroatoms. The van der Waals surface area contributed by atoms with E-state index in [0.717, 1.165) is 44.7 Å². The lowest BCUT2D eigenvalue weighted by molar-refractivity contribution is 0.669. The Hall–Kier alpha value is -6.06. The summed E-state index contributed by atoms with van der Waals surface area (Å²) >= 11 is 0. The van der Waals surface area contributed by atoms with Gasteiger partial charge >= 0.3 is 0 Å². The molecular weight excluding hydrogens is 609 g/mol. The molecule has 10 rings (SSSR count). The average Bonchev–Trinajstić information content (AvgIpc) is 3.93. The van der Waals surface area contributed by atoms with Gasteiger partial charge in [-0.15, -0.1) is 0 Å². The Morgan fingerprint density at radius 2 is 1.02 bits per heavy atom. The van der Waals surface area contributed by atoms with Crippen molar-refractivity contribution >= 4 is 60.8 Å². The molecular formula is C47H36N2O. The molecule has 240 valence electrons. The molecule has 1 aliphatic rings. The van der Waals surface area contributed by atoms with E-state index in [1.165, 1.54) is 64.2 Å². The lowest BCUT2D eigenvalue weighted by atomic mass is 9.97.